The first-order valence-corrected chi connectivity index (χ1v) is 13.8. The molecule has 0 atom stereocenters. The molecule has 0 saturated carbocycles. The Kier molecular flexibility index (Phi) is 7.28. The number of rotatable bonds is 7. The third-order valence-electron chi connectivity index (χ3n) is 6.03. The first-order chi connectivity index (χ1) is 16.7. The summed E-state index contributed by atoms with van der Waals surface area (Å²) in [5.74, 6) is -0.846. The van der Waals surface area contributed by atoms with Gasteiger partial charge in [-0.1, -0.05) is 23.8 Å². The normalized spacial score (nSPS) is 13.1. The van der Waals surface area contributed by atoms with Crippen molar-refractivity contribution in [3.05, 3.63) is 75.2 Å². The summed E-state index contributed by atoms with van der Waals surface area (Å²) < 4.78 is 33.6. The molecule has 35 heavy (non-hydrogen) atoms. The Morgan fingerprint density at radius 2 is 1.74 bits per heavy atom. The van der Waals surface area contributed by atoms with E-state index in [1.165, 1.54) is 11.3 Å². The number of carbonyl (C=O) groups excluding carboxylic acids is 2. The molecule has 1 aliphatic rings. The fourth-order valence-electron chi connectivity index (χ4n) is 4.16. The lowest BCUT2D eigenvalue weighted by molar-refractivity contribution is 0.0526. The van der Waals surface area contributed by atoms with Crippen molar-refractivity contribution in [3.63, 3.8) is 0 Å². The van der Waals surface area contributed by atoms with E-state index in [0.717, 1.165) is 41.7 Å². The Hall–Kier alpha value is -3.17. The summed E-state index contributed by atoms with van der Waals surface area (Å²) in [7, 11) is -3.82. The number of anilines is 2. The van der Waals surface area contributed by atoms with Crippen LogP contribution in [0.15, 0.2) is 47.4 Å². The van der Waals surface area contributed by atoms with Crippen molar-refractivity contribution >= 4 is 43.9 Å². The molecule has 1 heterocycles. The topological polar surface area (TPSA) is 102 Å². The van der Waals surface area contributed by atoms with Gasteiger partial charge in [0, 0.05) is 10.4 Å². The zero-order chi connectivity index (χ0) is 25.2. The Balaban J connectivity index is 1.62. The van der Waals surface area contributed by atoms with Crippen molar-refractivity contribution in [2.45, 2.75) is 51.3 Å². The molecule has 184 valence electrons. The second-order valence-corrected chi connectivity index (χ2v) is 11.3. The van der Waals surface area contributed by atoms with Crippen LogP contribution < -0.4 is 10.0 Å². The van der Waals surface area contributed by atoms with Crippen LogP contribution in [0.3, 0.4) is 0 Å². The first-order valence-electron chi connectivity index (χ1n) is 11.5. The van der Waals surface area contributed by atoms with Crippen molar-refractivity contribution < 1.29 is 22.7 Å². The fourth-order valence-corrected chi connectivity index (χ4v) is 6.55. The van der Waals surface area contributed by atoms with E-state index in [0.29, 0.717) is 27.4 Å². The highest BCUT2D eigenvalue weighted by atomic mass is 32.2. The molecule has 1 aliphatic carbocycles. The molecule has 3 aromatic rings. The highest BCUT2D eigenvalue weighted by Crippen LogP contribution is 2.39. The van der Waals surface area contributed by atoms with Crippen molar-refractivity contribution in [2.24, 2.45) is 0 Å². The number of hydrogen-bond donors (Lipinski definition) is 2. The third-order valence-corrected chi connectivity index (χ3v) is 8.62. The Morgan fingerprint density at radius 1 is 1.03 bits per heavy atom. The molecule has 0 saturated heterocycles. The summed E-state index contributed by atoms with van der Waals surface area (Å²) in [6.45, 7) is 5.57. The number of sulfonamides is 1. The van der Waals surface area contributed by atoms with Gasteiger partial charge in [0.2, 0.25) is 0 Å². The van der Waals surface area contributed by atoms with Crippen LogP contribution in [-0.2, 0) is 27.6 Å². The summed E-state index contributed by atoms with van der Waals surface area (Å²) in [6.07, 6.45) is 3.69. The molecular formula is C26H28N2O5S2. The number of benzene rings is 2. The Morgan fingerprint density at radius 3 is 2.46 bits per heavy atom. The molecule has 9 heteroatoms. The van der Waals surface area contributed by atoms with Crippen LogP contribution in [0.25, 0.3) is 0 Å². The van der Waals surface area contributed by atoms with E-state index in [1.54, 1.807) is 56.3 Å². The van der Waals surface area contributed by atoms with E-state index in [1.807, 2.05) is 6.92 Å². The molecule has 2 aromatic carbocycles. The van der Waals surface area contributed by atoms with E-state index in [2.05, 4.69) is 10.0 Å². The minimum absolute atomic E-state index is 0.139. The molecule has 0 spiro atoms. The number of thiophene rings is 1. The van der Waals surface area contributed by atoms with Crippen molar-refractivity contribution in [3.8, 4) is 0 Å². The predicted octanol–water partition coefficient (Wildman–Crippen LogP) is 5.47. The van der Waals surface area contributed by atoms with Gasteiger partial charge in [0.15, 0.2) is 0 Å². The number of hydrogen-bond acceptors (Lipinski definition) is 6. The standard InChI is InChI=1S/C26H28N2O5S2/c1-4-33-26(30)23-20-8-5-6-11-22(20)34-25(23)27-24(29)19-9-7-10-21(17(19)3)28-35(31,32)18-14-12-16(2)13-15-18/h7,9-10,12-15,28H,4-6,8,11H2,1-3H3,(H,27,29). The predicted molar refractivity (Wildman–Crippen MR) is 138 cm³/mol. The van der Waals surface area contributed by atoms with Crippen LogP contribution in [0.2, 0.25) is 0 Å². The molecule has 0 bridgehead atoms. The first kappa shape index (κ1) is 24.9. The summed E-state index contributed by atoms with van der Waals surface area (Å²) >= 11 is 1.41. The lowest BCUT2D eigenvalue weighted by Crippen LogP contribution is -2.18. The van der Waals surface area contributed by atoms with Gasteiger partial charge >= 0.3 is 5.97 Å². The lowest BCUT2D eigenvalue weighted by atomic mass is 9.95. The third kappa shape index (κ3) is 5.26. The number of fused-ring (bicyclic) bond motifs is 1. The molecule has 4 rings (SSSR count). The van der Waals surface area contributed by atoms with Gasteiger partial charge in [-0.3, -0.25) is 9.52 Å². The van der Waals surface area contributed by atoms with Gasteiger partial charge in [-0.05, 0) is 81.8 Å². The van der Waals surface area contributed by atoms with Crippen molar-refractivity contribution in [2.75, 3.05) is 16.6 Å². The summed E-state index contributed by atoms with van der Waals surface area (Å²) in [5.41, 5.74) is 3.47. The number of esters is 1. The van der Waals surface area contributed by atoms with E-state index in [-0.39, 0.29) is 11.5 Å². The van der Waals surface area contributed by atoms with Crippen LogP contribution in [0.5, 0.6) is 0 Å². The van der Waals surface area contributed by atoms with E-state index < -0.39 is 21.9 Å². The van der Waals surface area contributed by atoms with Gasteiger partial charge in [-0.2, -0.15) is 0 Å². The summed E-state index contributed by atoms with van der Waals surface area (Å²) in [4.78, 5) is 27.2. The Labute approximate surface area is 209 Å². The molecule has 1 amide bonds. The molecule has 0 fully saturated rings. The van der Waals surface area contributed by atoms with Gasteiger partial charge in [-0.15, -0.1) is 11.3 Å². The molecule has 0 aliphatic heterocycles. The van der Waals surface area contributed by atoms with Crippen molar-refractivity contribution in [1.29, 1.82) is 0 Å². The maximum Gasteiger partial charge on any atom is 0.341 e. The number of amides is 1. The van der Waals surface area contributed by atoms with Gasteiger partial charge in [0.25, 0.3) is 15.9 Å². The van der Waals surface area contributed by atoms with Crippen molar-refractivity contribution in [1.82, 2.24) is 0 Å². The van der Waals surface area contributed by atoms with Crippen LogP contribution in [0.4, 0.5) is 10.7 Å². The number of carbonyl (C=O) groups is 2. The quantitative estimate of drug-likeness (QED) is 0.409. The Bertz CT molecular complexity index is 1380. The minimum atomic E-state index is -3.82. The van der Waals surface area contributed by atoms with E-state index in [9.17, 15) is 18.0 Å². The average molecular weight is 513 g/mol. The minimum Gasteiger partial charge on any atom is -0.462 e. The number of aryl methyl sites for hydroxylation is 2. The maximum atomic E-state index is 13.3. The molecular weight excluding hydrogens is 484 g/mol. The van der Waals surface area contributed by atoms with Crippen LogP contribution in [-0.4, -0.2) is 26.9 Å². The molecule has 7 nitrogen and oxygen atoms in total. The van der Waals surface area contributed by atoms with Gasteiger partial charge in [0.05, 0.1) is 22.8 Å². The molecule has 2 N–H and O–H groups in total. The van der Waals surface area contributed by atoms with Crippen LogP contribution in [0.1, 0.15) is 62.0 Å². The van der Waals surface area contributed by atoms with Crippen LogP contribution >= 0.6 is 11.3 Å². The van der Waals surface area contributed by atoms with Gasteiger partial charge in [0.1, 0.15) is 5.00 Å². The fraction of sp³-hybridized carbons (Fsp3) is 0.308. The zero-order valence-electron chi connectivity index (χ0n) is 19.9. The average Bonchev–Trinajstić information content (AvgIpc) is 3.18. The highest BCUT2D eigenvalue weighted by Gasteiger charge is 2.28. The monoisotopic (exact) mass is 512 g/mol. The van der Waals surface area contributed by atoms with E-state index >= 15 is 0 Å². The number of nitrogens with one attached hydrogen (secondary N) is 2. The van der Waals surface area contributed by atoms with Crippen LogP contribution in [0, 0.1) is 13.8 Å². The highest BCUT2D eigenvalue weighted by molar-refractivity contribution is 7.92. The number of ether oxygens (including phenoxy) is 1. The maximum absolute atomic E-state index is 13.3. The van der Waals surface area contributed by atoms with E-state index in [4.69, 9.17) is 4.74 Å². The zero-order valence-corrected chi connectivity index (χ0v) is 21.6. The second kappa shape index (κ2) is 10.2. The summed E-state index contributed by atoms with van der Waals surface area (Å²) in [6, 6.07) is 11.4. The van der Waals surface area contributed by atoms with Gasteiger partial charge in [-0.25, -0.2) is 13.2 Å². The largest absolute Gasteiger partial charge is 0.462 e. The molecule has 1 aromatic heterocycles. The molecule has 0 unspecified atom stereocenters. The lowest BCUT2D eigenvalue weighted by Gasteiger charge is -2.14. The SMILES string of the molecule is CCOC(=O)c1c(NC(=O)c2cccc(NS(=O)(=O)c3ccc(C)cc3)c2C)sc2c1CCCC2. The smallest absolute Gasteiger partial charge is 0.341 e. The van der Waals surface area contributed by atoms with Gasteiger partial charge < -0.3 is 10.1 Å². The summed E-state index contributed by atoms with van der Waals surface area (Å²) in [5, 5.41) is 3.37. The molecule has 0 radical (unpaired) electrons. The second-order valence-electron chi connectivity index (χ2n) is 8.49.